The van der Waals surface area contributed by atoms with Gasteiger partial charge < -0.3 is 0 Å². The zero-order valence-corrected chi connectivity index (χ0v) is 6.91. The van der Waals surface area contributed by atoms with E-state index in [1.807, 2.05) is 6.92 Å². The van der Waals surface area contributed by atoms with Gasteiger partial charge in [-0.2, -0.15) is 5.11 Å². The van der Waals surface area contributed by atoms with Crippen molar-refractivity contribution < 1.29 is 9.59 Å². The van der Waals surface area contributed by atoms with E-state index in [9.17, 15) is 9.59 Å². The molecule has 0 saturated heterocycles. The van der Waals surface area contributed by atoms with Gasteiger partial charge in [0.05, 0.1) is 5.70 Å². The smallest absolute Gasteiger partial charge is 0.284 e. The first-order valence-corrected chi connectivity index (χ1v) is 3.94. The van der Waals surface area contributed by atoms with Crippen LogP contribution in [0.4, 0.5) is 0 Å². The summed E-state index contributed by atoms with van der Waals surface area (Å²) in [5, 5.41) is 6.83. The maximum Gasteiger partial charge on any atom is 0.335 e. The summed E-state index contributed by atoms with van der Waals surface area (Å²) in [6.45, 7) is 2.05. The summed E-state index contributed by atoms with van der Waals surface area (Å²) >= 11 is 0. The Balaban J connectivity index is 2.57. The molecule has 0 spiro atoms. The van der Waals surface area contributed by atoms with Gasteiger partial charge in [-0.15, -0.1) is 5.11 Å². The molecule has 4 heteroatoms. The Morgan fingerprint density at radius 1 is 1.33 bits per heavy atom. The number of allylic oxidation sites excluding steroid dienone is 1. The molecular weight excluding hydrogens is 156 g/mol. The van der Waals surface area contributed by atoms with E-state index in [1.54, 1.807) is 0 Å². The number of hydrogen-bond acceptors (Lipinski definition) is 3. The fourth-order valence-corrected chi connectivity index (χ4v) is 0.881. The lowest BCUT2D eigenvalue weighted by molar-refractivity contribution is -0.133. The molecule has 0 aliphatic carbocycles. The number of hydrogen-bond donors (Lipinski definition) is 0. The Bertz CT molecular complexity index is 266. The molecule has 0 unspecified atom stereocenters. The van der Waals surface area contributed by atoms with Gasteiger partial charge in [-0.3, -0.25) is 9.59 Å². The molecule has 0 radical (unpaired) electrons. The second-order valence-corrected chi connectivity index (χ2v) is 2.61. The van der Waals surface area contributed by atoms with E-state index in [2.05, 4.69) is 10.2 Å². The number of nitrogens with zero attached hydrogens (tertiary/aromatic N) is 2. The van der Waals surface area contributed by atoms with Crippen LogP contribution in [0.15, 0.2) is 22.0 Å². The van der Waals surface area contributed by atoms with Crippen LogP contribution < -0.4 is 0 Å². The molecule has 1 rings (SSSR count). The minimum absolute atomic E-state index is 0.559. The van der Waals surface area contributed by atoms with Crippen LogP contribution in [0.5, 0.6) is 0 Å². The highest BCUT2D eigenvalue weighted by Gasteiger charge is 2.15. The number of carbonyl (C=O) groups is 2. The molecule has 0 atom stereocenters. The van der Waals surface area contributed by atoms with E-state index in [1.165, 1.54) is 6.08 Å². The molecule has 0 aromatic carbocycles. The molecule has 0 N–H and O–H groups in total. The molecule has 64 valence electrons. The minimum atomic E-state index is -0.768. The monoisotopic (exact) mass is 166 g/mol. The van der Waals surface area contributed by atoms with Crippen molar-refractivity contribution in [2.45, 2.75) is 26.2 Å². The molecule has 4 nitrogen and oxygen atoms in total. The second-order valence-electron chi connectivity index (χ2n) is 2.61. The summed E-state index contributed by atoms with van der Waals surface area (Å²) < 4.78 is 0. The quantitative estimate of drug-likeness (QED) is 0.598. The van der Waals surface area contributed by atoms with E-state index in [4.69, 9.17) is 0 Å². The Labute approximate surface area is 70.4 Å². The highest BCUT2D eigenvalue weighted by Crippen LogP contribution is 2.12. The van der Waals surface area contributed by atoms with Crippen molar-refractivity contribution in [3.63, 3.8) is 0 Å². The first-order valence-electron chi connectivity index (χ1n) is 3.94. The van der Waals surface area contributed by atoms with Gasteiger partial charge >= 0.3 is 5.91 Å². The van der Waals surface area contributed by atoms with Crippen LogP contribution in [0.1, 0.15) is 26.2 Å². The van der Waals surface area contributed by atoms with Crippen LogP contribution in [-0.2, 0) is 9.59 Å². The normalized spacial score (nSPS) is 16.6. The molecular formula is C8H10N2O2. The first-order chi connectivity index (χ1) is 5.74. The highest BCUT2D eigenvalue weighted by atomic mass is 16.2. The molecule has 1 aliphatic heterocycles. The number of ketones is 1. The van der Waals surface area contributed by atoms with E-state index >= 15 is 0 Å². The SMILES string of the molecule is CCCCC1=CC(=O)C(=O)N=N1. The summed E-state index contributed by atoms with van der Waals surface area (Å²) in [6, 6.07) is 0. The van der Waals surface area contributed by atoms with Gasteiger partial charge in [-0.25, -0.2) is 0 Å². The van der Waals surface area contributed by atoms with E-state index in [0.717, 1.165) is 19.3 Å². The van der Waals surface area contributed by atoms with Crippen molar-refractivity contribution in [3.05, 3.63) is 11.8 Å². The first kappa shape index (κ1) is 8.77. The summed E-state index contributed by atoms with van der Waals surface area (Å²) in [5.41, 5.74) is 0.612. The van der Waals surface area contributed by atoms with Crippen LogP contribution in [0, 0.1) is 0 Å². The van der Waals surface area contributed by atoms with Gasteiger partial charge in [-0.1, -0.05) is 13.3 Å². The highest BCUT2D eigenvalue weighted by molar-refractivity contribution is 6.41. The molecule has 0 fully saturated rings. The van der Waals surface area contributed by atoms with Crippen molar-refractivity contribution in [3.8, 4) is 0 Å². The number of unbranched alkanes of at least 4 members (excludes halogenated alkanes) is 1. The van der Waals surface area contributed by atoms with Crippen LogP contribution >= 0.6 is 0 Å². The molecule has 1 amide bonds. The molecule has 0 bridgehead atoms. The van der Waals surface area contributed by atoms with Crippen LogP contribution in [0.25, 0.3) is 0 Å². The fourth-order valence-electron chi connectivity index (χ4n) is 0.881. The Hall–Kier alpha value is -1.32. The summed E-state index contributed by atoms with van der Waals surface area (Å²) in [5.74, 6) is -1.33. The van der Waals surface area contributed by atoms with E-state index < -0.39 is 11.7 Å². The average Bonchev–Trinajstić information content (AvgIpc) is 2.07. The lowest BCUT2D eigenvalue weighted by Gasteiger charge is -2.01. The van der Waals surface area contributed by atoms with Gasteiger partial charge in [0.2, 0.25) is 5.78 Å². The fraction of sp³-hybridized carbons (Fsp3) is 0.500. The molecule has 0 aromatic heterocycles. The van der Waals surface area contributed by atoms with Crippen molar-refractivity contribution in [2.75, 3.05) is 0 Å². The third-order valence-corrected chi connectivity index (χ3v) is 1.56. The Morgan fingerprint density at radius 3 is 2.67 bits per heavy atom. The standard InChI is InChI=1S/C8H10N2O2/c1-2-3-4-6-5-7(11)8(12)10-9-6/h5H,2-4H2,1H3. The molecule has 0 aromatic rings. The zero-order valence-electron chi connectivity index (χ0n) is 6.91. The summed E-state index contributed by atoms with van der Waals surface area (Å²) in [7, 11) is 0. The minimum Gasteiger partial charge on any atom is -0.284 e. The van der Waals surface area contributed by atoms with Crippen molar-refractivity contribution >= 4 is 11.7 Å². The number of azo groups is 1. The predicted molar refractivity (Wildman–Crippen MR) is 42.5 cm³/mol. The second kappa shape index (κ2) is 3.90. The molecule has 1 heterocycles. The van der Waals surface area contributed by atoms with Gasteiger partial charge in [0.15, 0.2) is 0 Å². The maximum atomic E-state index is 10.8. The van der Waals surface area contributed by atoms with Crippen LogP contribution in [0.3, 0.4) is 0 Å². The third kappa shape index (κ3) is 2.08. The van der Waals surface area contributed by atoms with Gasteiger partial charge in [0.1, 0.15) is 0 Å². The van der Waals surface area contributed by atoms with E-state index in [0.29, 0.717) is 5.70 Å². The molecule has 12 heavy (non-hydrogen) atoms. The van der Waals surface area contributed by atoms with Crippen LogP contribution in [-0.4, -0.2) is 11.7 Å². The van der Waals surface area contributed by atoms with Gasteiger partial charge in [0, 0.05) is 6.08 Å². The lowest BCUT2D eigenvalue weighted by Crippen LogP contribution is -2.11. The van der Waals surface area contributed by atoms with Crippen LogP contribution in [0.2, 0.25) is 0 Å². The number of carbonyl (C=O) groups excluding carboxylic acids is 2. The summed E-state index contributed by atoms with van der Waals surface area (Å²) in [4.78, 5) is 21.3. The zero-order chi connectivity index (χ0) is 8.97. The number of amides is 1. The van der Waals surface area contributed by atoms with Gasteiger partial charge in [-0.05, 0) is 12.8 Å². The lowest BCUT2D eigenvalue weighted by atomic mass is 10.1. The van der Waals surface area contributed by atoms with Crippen molar-refractivity contribution in [1.82, 2.24) is 0 Å². The maximum absolute atomic E-state index is 10.8. The van der Waals surface area contributed by atoms with Gasteiger partial charge in [0.25, 0.3) is 0 Å². The Kier molecular flexibility index (Phi) is 2.85. The van der Waals surface area contributed by atoms with Crippen molar-refractivity contribution in [1.29, 1.82) is 0 Å². The largest absolute Gasteiger partial charge is 0.335 e. The topological polar surface area (TPSA) is 58.9 Å². The Morgan fingerprint density at radius 2 is 2.08 bits per heavy atom. The number of rotatable bonds is 3. The van der Waals surface area contributed by atoms with E-state index in [-0.39, 0.29) is 0 Å². The molecule has 1 aliphatic rings. The molecule has 0 saturated carbocycles. The van der Waals surface area contributed by atoms with Crippen molar-refractivity contribution in [2.24, 2.45) is 10.2 Å². The third-order valence-electron chi connectivity index (χ3n) is 1.56. The summed E-state index contributed by atoms with van der Waals surface area (Å²) in [6.07, 6.45) is 3.99. The average molecular weight is 166 g/mol. The predicted octanol–water partition coefficient (Wildman–Crippen LogP) is 1.62.